The second kappa shape index (κ2) is 5.51. The van der Waals surface area contributed by atoms with Crippen molar-refractivity contribution in [3.63, 3.8) is 0 Å². The average Bonchev–Trinajstić information content (AvgIpc) is 2.77. The Morgan fingerprint density at radius 3 is 2.70 bits per heavy atom. The van der Waals surface area contributed by atoms with E-state index >= 15 is 0 Å². The van der Waals surface area contributed by atoms with Gasteiger partial charge in [-0.05, 0) is 37.2 Å². The maximum Gasteiger partial charge on any atom is 0.268 e. The Balaban J connectivity index is 1.85. The predicted octanol–water partition coefficient (Wildman–Crippen LogP) is 1.49. The number of Topliss-reactive ketones (excluding diaryl/α,β-unsaturated/α-hetero) is 1. The summed E-state index contributed by atoms with van der Waals surface area (Å²) in [7, 11) is 0. The molecule has 1 saturated heterocycles. The van der Waals surface area contributed by atoms with Crippen molar-refractivity contribution in [2.45, 2.75) is 52.5 Å². The van der Waals surface area contributed by atoms with E-state index in [1.807, 2.05) is 0 Å². The molecule has 0 radical (unpaired) electrons. The minimum Gasteiger partial charge on any atom is -0.354 e. The van der Waals surface area contributed by atoms with Gasteiger partial charge in [-0.3, -0.25) is 14.4 Å². The predicted molar refractivity (Wildman–Crippen MR) is 85.5 cm³/mol. The quantitative estimate of drug-likeness (QED) is 0.772. The summed E-state index contributed by atoms with van der Waals surface area (Å²) in [5, 5.41) is 5.53. The summed E-state index contributed by atoms with van der Waals surface area (Å²) in [5.74, 6) is -0.375. The minimum absolute atomic E-state index is 0.0828. The molecule has 6 nitrogen and oxygen atoms in total. The normalized spacial score (nSPS) is 23.2. The highest BCUT2D eigenvalue weighted by molar-refractivity contribution is 6.05. The number of rotatable bonds is 2. The number of ketones is 1. The van der Waals surface area contributed by atoms with E-state index in [1.54, 1.807) is 6.92 Å². The first-order chi connectivity index (χ1) is 10.8. The molecular weight excluding hydrogens is 294 g/mol. The van der Waals surface area contributed by atoms with Crippen molar-refractivity contribution in [2.75, 3.05) is 6.54 Å². The van der Waals surface area contributed by atoms with Gasteiger partial charge in [0.2, 0.25) is 5.91 Å². The molecule has 3 N–H and O–H groups in total. The first-order valence-corrected chi connectivity index (χ1v) is 8.12. The molecule has 1 unspecified atom stereocenters. The van der Waals surface area contributed by atoms with Gasteiger partial charge in [0.15, 0.2) is 5.78 Å². The Hall–Kier alpha value is -2.11. The largest absolute Gasteiger partial charge is 0.354 e. The van der Waals surface area contributed by atoms with Gasteiger partial charge in [-0.1, -0.05) is 13.8 Å². The molecule has 1 fully saturated rings. The molecule has 0 aromatic carbocycles. The molecule has 0 saturated carbocycles. The van der Waals surface area contributed by atoms with Crippen LogP contribution in [0.15, 0.2) is 0 Å². The number of carbonyl (C=O) groups is 3. The molecule has 3 rings (SSSR count). The summed E-state index contributed by atoms with van der Waals surface area (Å²) in [6.07, 6.45) is 2.73. The lowest BCUT2D eigenvalue weighted by atomic mass is 9.75. The SMILES string of the molecule is Cc1c(C(=O)NC2CCCNC2=O)[nH]c2c1C(=O)CC(C)(C)C2. The maximum atomic E-state index is 12.5. The number of hydrogen-bond donors (Lipinski definition) is 3. The Morgan fingerprint density at radius 2 is 2.00 bits per heavy atom. The van der Waals surface area contributed by atoms with Gasteiger partial charge < -0.3 is 15.6 Å². The first kappa shape index (κ1) is 15.8. The van der Waals surface area contributed by atoms with Gasteiger partial charge in [0.25, 0.3) is 5.91 Å². The number of piperidine rings is 1. The lowest BCUT2D eigenvalue weighted by molar-refractivity contribution is -0.124. The molecule has 2 amide bonds. The topological polar surface area (TPSA) is 91.1 Å². The average molecular weight is 317 g/mol. The van der Waals surface area contributed by atoms with Crippen LogP contribution in [0.1, 0.15) is 65.2 Å². The zero-order valence-electron chi connectivity index (χ0n) is 13.8. The lowest BCUT2D eigenvalue weighted by Crippen LogP contribution is -2.50. The Kier molecular flexibility index (Phi) is 3.78. The van der Waals surface area contributed by atoms with Gasteiger partial charge in [0.1, 0.15) is 11.7 Å². The molecule has 0 bridgehead atoms. The highest BCUT2D eigenvalue weighted by Crippen LogP contribution is 2.36. The van der Waals surface area contributed by atoms with Crippen LogP contribution in [0, 0.1) is 12.3 Å². The highest BCUT2D eigenvalue weighted by atomic mass is 16.2. The molecule has 124 valence electrons. The summed E-state index contributed by atoms with van der Waals surface area (Å²) >= 11 is 0. The number of H-pyrrole nitrogens is 1. The zero-order chi connectivity index (χ0) is 16.8. The number of amides is 2. The third-order valence-corrected chi connectivity index (χ3v) is 4.72. The van der Waals surface area contributed by atoms with Crippen LogP contribution in [0.2, 0.25) is 0 Å². The van der Waals surface area contributed by atoms with Crippen LogP contribution in [0.3, 0.4) is 0 Å². The second-order valence-corrected chi connectivity index (χ2v) is 7.38. The van der Waals surface area contributed by atoms with Crippen molar-refractivity contribution in [3.8, 4) is 0 Å². The van der Waals surface area contributed by atoms with Crippen LogP contribution in [-0.4, -0.2) is 35.2 Å². The summed E-state index contributed by atoms with van der Waals surface area (Å²) in [6, 6.07) is -0.497. The molecule has 1 aliphatic heterocycles. The Bertz CT molecular complexity index is 688. The van der Waals surface area contributed by atoms with E-state index in [9.17, 15) is 14.4 Å². The third kappa shape index (κ3) is 2.90. The van der Waals surface area contributed by atoms with Crippen LogP contribution < -0.4 is 10.6 Å². The van der Waals surface area contributed by atoms with Crippen molar-refractivity contribution >= 4 is 17.6 Å². The number of carbonyl (C=O) groups excluding carboxylic acids is 3. The smallest absolute Gasteiger partial charge is 0.268 e. The minimum atomic E-state index is -0.497. The van der Waals surface area contributed by atoms with Crippen molar-refractivity contribution in [1.29, 1.82) is 0 Å². The zero-order valence-corrected chi connectivity index (χ0v) is 13.8. The molecule has 0 spiro atoms. The van der Waals surface area contributed by atoms with Gasteiger partial charge in [-0.15, -0.1) is 0 Å². The number of hydrogen-bond acceptors (Lipinski definition) is 3. The van der Waals surface area contributed by atoms with E-state index in [-0.39, 0.29) is 23.0 Å². The van der Waals surface area contributed by atoms with E-state index < -0.39 is 6.04 Å². The molecule has 1 aromatic heterocycles. The molecule has 1 aromatic rings. The summed E-state index contributed by atoms with van der Waals surface area (Å²) in [5.41, 5.74) is 2.48. The van der Waals surface area contributed by atoms with Crippen LogP contribution in [0.5, 0.6) is 0 Å². The number of aromatic amines is 1. The van der Waals surface area contributed by atoms with Crippen LogP contribution >= 0.6 is 0 Å². The Morgan fingerprint density at radius 1 is 1.26 bits per heavy atom. The highest BCUT2D eigenvalue weighted by Gasteiger charge is 2.35. The fourth-order valence-electron chi connectivity index (χ4n) is 3.60. The molecule has 6 heteroatoms. The summed E-state index contributed by atoms with van der Waals surface area (Å²) < 4.78 is 0. The van der Waals surface area contributed by atoms with Gasteiger partial charge in [-0.25, -0.2) is 0 Å². The van der Waals surface area contributed by atoms with E-state index in [0.717, 1.165) is 18.5 Å². The van der Waals surface area contributed by atoms with Gasteiger partial charge >= 0.3 is 0 Å². The van der Waals surface area contributed by atoms with Gasteiger partial charge in [-0.2, -0.15) is 0 Å². The van der Waals surface area contributed by atoms with Crippen LogP contribution in [-0.2, 0) is 11.2 Å². The van der Waals surface area contributed by atoms with E-state index in [1.165, 1.54) is 0 Å². The van der Waals surface area contributed by atoms with Crippen molar-refractivity contribution in [3.05, 3.63) is 22.5 Å². The number of nitrogens with one attached hydrogen (secondary N) is 3. The van der Waals surface area contributed by atoms with Gasteiger partial charge in [0.05, 0.1) is 0 Å². The molecule has 23 heavy (non-hydrogen) atoms. The lowest BCUT2D eigenvalue weighted by Gasteiger charge is -2.28. The molecule has 1 aliphatic carbocycles. The van der Waals surface area contributed by atoms with Crippen molar-refractivity contribution in [2.24, 2.45) is 5.41 Å². The van der Waals surface area contributed by atoms with E-state index in [2.05, 4.69) is 29.5 Å². The van der Waals surface area contributed by atoms with Crippen LogP contribution in [0.25, 0.3) is 0 Å². The first-order valence-electron chi connectivity index (χ1n) is 8.12. The monoisotopic (exact) mass is 317 g/mol. The molecule has 2 heterocycles. The summed E-state index contributed by atoms with van der Waals surface area (Å²) in [6.45, 7) is 6.55. The third-order valence-electron chi connectivity index (χ3n) is 4.72. The molecule has 2 aliphatic rings. The fraction of sp³-hybridized carbons (Fsp3) is 0.588. The number of aromatic nitrogens is 1. The van der Waals surface area contributed by atoms with Crippen molar-refractivity contribution in [1.82, 2.24) is 15.6 Å². The fourth-order valence-corrected chi connectivity index (χ4v) is 3.60. The number of fused-ring (bicyclic) bond motifs is 1. The standard InChI is InChI=1S/C17H23N3O3/c1-9-13-11(7-17(2,3)8-12(13)21)19-14(9)16(23)20-10-5-4-6-18-15(10)22/h10,19H,4-8H2,1-3H3,(H,18,22)(H,20,23). The maximum absolute atomic E-state index is 12.5. The van der Waals surface area contributed by atoms with E-state index in [0.29, 0.717) is 36.2 Å². The van der Waals surface area contributed by atoms with Crippen molar-refractivity contribution < 1.29 is 14.4 Å². The molecular formula is C17H23N3O3. The van der Waals surface area contributed by atoms with Crippen LogP contribution in [0.4, 0.5) is 0 Å². The second-order valence-electron chi connectivity index (χ2n) is 7.38. The Labute approximate surface area is 135 Å². The molecule has 1 atom stereocenters. The van der Waals surface area contributed by atoms with Gasteiger partial charge in [0, 0.05) is 24.2 Å². The van der Waals surface area contributed by atoms with E-state index in [4.69, 9.17) is 0 Å². The summed E-state index contributed by atoms with van der Waals surface area (Å²) in [4.78, 5) is 39.8.